The molecule has 7 nitrogen and oxygen atoms in total. The predicted octanol–water partition coefficient (Wildman–Crippen LogP) is 4.57. The van der Waals surface area contributed by atoms with Crippen molar-refractivity contribution in [3.63, 3.8) is 0 Å². The number of carbonyl (C=O) groups is 1. The molecule has 0 unspecified atom stereocenters. The van der Waals surface area contributed by atoms with Crippen LogP contribution in [0.25, 0.3) is 6.08 Å². The number of hydrogen-bond acceptors (Lipinski definition) is 5. The predicted molar refractivity (Wildman–Crippen MR) is 134 cm³/mol. The molecule has 38 heavy (non-hydrogen) atoms. The average Bonchev–Trinajstić information content (AvgIpc) is 3.29. The summed E-state index contributed by atoms with van der Waals surface area (Å²) in [5, 5.41) is 11.7. The zero-order chi connectivity index (χ0) is 27.3. The van der Waals surface area contributed by atoms with Crippen molar-refractivity contribution < 1.29 is 22.4 Å². The third-order valence-corrected chi connectivity index (χ3v) is 6.68. The number of hydrogen-bond donors (Lipinski definition) is 0. The van der Waals surface area contributed by atoms with Gasteiger partial charge < -0.3 is 4.90 Å². The number of rotatable bonds is 8. The van der Waals surface area contributed by atoms with Crippen molar-refractivity contribution in [2.45, 2.75) is 39.0 Å². The zero-order valence-corrected chi connectivity index (χ0v) is 21.3. The van der Waals surface area contributed by atoms with E-state index < -0.39 is 11.7 Å². The number of likely N-dealkylation sites (N-methyl/N-ethyl adjacent to an activating group) is 1. The van der Waals surface area contributed by atoms with Crippen molar-refractivity contribution in [2.75, 3.05) is 26.7 Å². The summed E-state index contributed by atoms with van der Waals surface area (Å²) in [7, 11) is 1.73. The second-order valence-electron chi connectivity index (χ2n) is 9.68. The molecule has 0 aliphatic carbocycles. The number of benzene rings is 2. The molecule has 1 amide bonds. The van der Waals surface area contributed by atoms with E-state index in [1.807, 2.05) is 0 Å². The van der Waals surface area contributed by atoms with Crippen molar-refractivity contribution >= 4 is 12.0 Å². The molecule has 1 saturated heterocycles. The van der Waals surface area contributed by atoms with Gasteiger partial charge in [-0.05, 0) is 91.0 Å². The normalized spacial score (nSPS) is 15.3. The Labute approximate surface area is 218 Å². The summed E-state index contributed by atoms with van der Waals surface area (Å²) in [6.07, 6.45) is 0.304. The van der Waals surface area contributed by atoms with Crippen molar-refractivity contribution in [3.05, 3.63) is 82.4 Å². The first-order chi connectivity index (χ1) is 18.1. The highest BCUT2D eigenvalue weighted by molar-refractivity contribution is 5.91. The van der Waals surface area contributed by atoms with Crippen LogP contribution in [0.15, 0.2) is 48.5 Å². The second-order valence-corrected chi connectivity index (χ2v) is 9.68. The first kappa shape index (κ1) is 27.4. The summed E-state index contributed by atoms with van der Waals surface area (Å²) in [5.74, 6) is 0.294. The van der Waals surface area contributed by atoms with Crippen LogP contribution in [0.3, 0.4) is 0 Å². The maximum absolute atomic E-state index is 13.3. The lowest BCUT2D eigenvalue weighted by Gasteiger charge is -2.33. The fourth-order valence-corrected chi connectivity index (χ4v) is 4.57. The van der Waals surface area contributed by atoms with Gasteiger partial charge >= 0.3 is 6.18 Å². The van der Waals surface area contributed by atoms with Crippen LogP contribution in [-0.4, -0.2) is 62.6 Å². The first-order valence-electron chi connectivity index (χ1n) is 12.4. The highest BCUT2D eigenvalue weighted by Gasteiger charge is 2.31. The Hall–Kier alpha value is -3.60. The number of aromatic nitrogens is 4. The van der Waals surface area contributed by atoms with Gasteiger partial charge in [-0.2, -0.15) is 18.0 Å². The minimum absolute atomic E-state index is 0.00897. The molecule has 0 radical (unpaired) electrons. The molecule has 3 aromatic rings. The third-order valence-electron chi connectivity index (χ3n) is 6.68. The Kier molecular flexibility index (Phi) is 8.55. The van der Waals surface area contributed by atoms with E-state index in [0.717, 1.165) is 50.2 Å². The molecule has 0 N–H and O–H groups in total. The molecule has 1 fully saturated rings. The summed E-state index contributed by atoms with van der Waals surface area (Å²) in [5.41, 5.74) is 1.09. The Morgan fingerprint density at radius 3 is 2.45 bits per heavy atom. The number of halogens is 4. The third kappa shape index (κ3) is 7.47. The largest absolute Gasteiger partial charge is 0.416 e. The average molecular weight is 531 g/mol. The van der Waals surface area contributed by atoms with Crippen molar-refractivity contribution in [3.8, 4) is 0 Å². The molecule has 2 aromatic carbocycles. The van der Waals surface area contributed by atoms with Crippen molar-refractivity contribution in [1.82, 2.24) is 30.0 Å². The molecular weight excluding hydrogens is 500 g/mol. The Bertz CT molecular complexity index is 1260. The van der Waals surface area contributed by atoms with Crippen LogP contribution in [0.4, 0.5) is 17.6 Å². The van der Waals surface area contributed by atoms with E-state index in [0.29, 0.717) is 29.4 Å². The lowest BCUT2D eigenvalue weighted by atomic mass is 9.96. The van der Waals surface area contributed by atoms with E-state index in [4.69, 9.17) is 0 Å². The van der Waals surface area contributed by atoms with Crippen LogP contribution in [0, 0.1) is 18.7 Å². The number of aryl methyl sites for hydroxylation is 1. The van der Waals surface area contributed by atoms with E-state index in [2.05, 4.69) is 20.3 Å². The van der Waals surface area contributed by atoms with Crippen LogP contribution in [0.2, 0.25) is 0 Å². The Morgan fingerprint density at radius 1 is 1.11 bits per heavy atom. The van der Waals surface area contributed by atoms with Gasteiger partial charge in [-0.25, -0.2) is 4.39 Å². The van der Waals surface area contributed by atoms with Crippen LogP contribution in [-0.2, 0) is 24.1 Å². The molecular formula is C27H30F4N6O. The summed E-state index contributed by atoms with van der Waals surface area (Å²) in [4.78, 5) is 18.0. The number of piperidine rings is 1. The van der Waals surface area contributed by atoms with Gasteiger partial charge in [0.25, 0.3) is 0 Å². The monoisotopic (exact) mass is 530 g/mol. The van der Waals surface area contributed by atoms with Gasteiger partial charge in [0.1, 0.15) is 5.82 Å². The van der Waals surface area contributed by atoms with Crippen LogP contribution in [0.1, 0.15) is 40.9 Å². The van der Waals surface area contributed by atoms with Crippen LogP contribution >= 0.6 is 0 Å². The fourth-order valence-electron chi connectivity index (χ4n) is 4.57. The lowest BCUT2D eigenvalue weighted by Crippen LogP contribution is -2.38. The van der Waals surface area contributed by atoms with Gasteiger partial charge in [0.2, 0.25) is 5.91 Å². The lowest BCUT2D eigenvalue weighted by molar-refractivity contribution is -0.137. The van der Waals surface area contributed by atoms with Gasteiger partial charge in [0.05, 0.1) is 12.1 Å². The molecule has 11 heteroatoms. The van der Waals surface area contributed by atoms with Gasteiger partial charge in [-0.1, -0.05) is 18.2 Å². The van der Waals surface area contributed by atoms with E-state index in [9.17, 15) is 22.4 Å². The number of amides is 1. The summed E-state index contributed by atoms with van der Waals surface area (Å²) < 4.78 is 53.0. The summed E-state index contributed by atoms with van der Waals surface area (Å²) >= 11 is 0. The fraction of sp³-hybridized carbons (Fsp3) is 0.407. The molecule has 0 spiro atoms. The van der Waals surface area contributed by atoms with Gasteiger partial charge in [0.15, 0.2) is 5.82 Å². The van der Waals surface area contributed by atoms with E-state index in [-0.39, 0.29) is 18.3 Å². The molecule has 0 saturated carbocycles. The first-order valence-corrected chi connectivity index (χ1v) is 12.4. The molecule has 202 valence electrons. The smallest absolute Gasteiger partial charge is 0.342 e. The SMILES string of the molecule is Cc1nnn(Cc2cc(C(F)(F)F)ccc2/C=C/C(=O)N(C)CC2CCN(Cc3ccc(F)cc3)CC2)n1. The number of alkyl halides is 3. The summed E-state index contributed by atoms with van der Waals surface area (Å²) in [6.45, 7) is 4.78. The van der Waals surface area contributed by atoms with Gasteiger partial charge in [-0.3, -0.25) is 9.69 Å². The number of tetrazole rings is 1. The number of nitrogens with zero attached hydrogens (tertiary/aromatic N) is 6. The standard InChI is InChI=1S/C27H30F4N6O/c1-19-32-34-37(33-19)18-23-15-24(27(29,30)31)7-5-22(23)6-10-26(38)35(2)16-21-11-13-36(14-12-21)17-20-3-8-25(28)9-4-20/h3-10,15,21H,11-14,16-18H2,1-2H3/b10-6+. The molecule has 2 heterocycles. The second kappa shape index (κ2) is 11.8. The van der Waals surface area contributed by atoms with Gasteiger partial charge in [-0.15, -0.1) is 10.2 Å². The maximum Gasteiger partial charge on any atom is 0.416 e. The van der Waals surface area contributed by atoms with Gasteiger partial charge in [0, 0.05) is 26.2 Å². The number of carbonyl (C=O) groups excluding carboxylic acids is 1. The molecule has 0 atom stereocenters. The quantitative estimate of drug-likeness (QED) is 0.315. The van der Waals surface area contributed by atoms with Crippen LogP contribution < -0.4 is 0 Å². The van der Waals surface area contributed by atoms with Crippen molar-refractivity contribution in [2.24, 2.45) is 5.92 Å². The number of likely N-dealkylation sites (tertiary alicyclic amines) is 1. The summed E-state index contributed by atoms with van der Waals surface area (Å²) in [6, 6.07) is 9.93. The van der Waals surface area contributed by atoms with Crippen LogP contribution in [0.5, 0.6) is 0 Å². The highest BCUT2D eigenvalue weighted by Crippen LogP contribution is 2.31. The van der Waals surface area contributed by atoms with E-state index in [1.165, 1.54) is 35.1 Å². The minimum Gasteiger partial charge on any atom is -0.342 e. The minimum atomic E-state index is -4.49. The molecule has 4 rings (SSSR count). The van der Waals surface area contributed by atoms with E-state index in [1.54, 1.807) is 31.0 Å². The topological polar surface area (TPSA) is 67.2 Å². The molecule has 0 bridgehead atoms. The molecule has 1 aliphatic heterocycles. The Morgan fingerprint density at radius 2 is 1.82 bits per heavy atom. The zero-order valence-electron chi connectivity index (χ0n) is 21.3. The van der Waals surface area contributed by atoms with Crippen molar-refractivity contribution in [1.29, 1.82) is 0 Å². The maximum atomic E-state index is 13.3. The Balaban J connectivity index is 1.34. The molecule has 1 aliphatic rings. The molecule has 1 aromatic heterocycles. The van der Waals surface area contributed by atoms with E-state index >= 15 is 0 Å². The highest BCUT2D eigenvalue weighted by atomic mass is 19.4.